The van der Waals surface area contributed by atoms with Crippen molar-refractivity contribution in [1.29, 1.82) is 0 Å². The minimum Gasteiger partial charge on any atom is -0.369 e. The van der Waals surface area contributed by atoms with E-state index in [0.717, 1.165) is 27.8 Å². The van der Waals surface area contributed by atoms with E-state index in [1.54, 1.807) is 0 Å². The lowest BCUT2D eigenvalue weighted by atomic mass is 10.2. The van der Waals surface area contributed by atoms with Gasteiger partial charge in [-0.2, -0.15) is 4.99 Å². The van der Waals surface area contributed by atoms with Gasteiger partial charge in [-0.3, -0.25) is 5.32 Å². The summed E-state index contributed by atoms with van der Waals surface area (Å²) in [5, 5.41) is 7.72. The van der Waals surface area contributed by atoms with E-state index in [1.807, 2.05) is 56.3 Å². The van der Waals surface area contributed by atoms with Crippen molar-refractivity contribution in [3.63, 3.8) is 0 Å². The Balaban J connectivity index is 1.76. The summed E-state index contributed by atoms with van der Waals surface area (Å²) in [4.78, 5) is 13.0. The van der Waals surface area contributed by atoms with E-state index in [9.17, 15) is 0 Å². The Morgan fingerprint density at radius 3 is 2.65 bits per heavy atom. The molecular weight excluding hydrogens is 368 g/mol. The molecule has 0 aliphatic rings. The molecule has 0 saturated carbocycles. The van der Waals surface area contributed by atoms with Crippen LogP contribution in [0.2, 0.25) is 5.02 Å². The van der Waals surface area contributed by atoms with Gasteiger partial charge < -0.3 is 11.1 Å². The van der Waals surface area contributed by atoms with Crippen LogP contribution in [0, 0.1) is 13.8 Å². The highest BCUT2D eigenvalue weighted by atomic mass is 35.5. The van der Waals surface area contributed by atoms with Crippen molar-refractivity contribution in [3.05, 3.63) is 58.7 Å². The normalized spacial score (nSPS) is 11.4. The number of halogens is 1. The third-order valence-electron chi connectivity index (χ3n) is 3.76. The number of nitrogens with two attached hydrogens (primary N) is 1. The van der Waals surface area contributed by atoms with Gasteiger partial charge in [-0.05, 0) is 49.8 Å². The van der Waals surface area contributed by atoms with Crippen molar-refractivity contribution < 1.29 is 0 Å². The molecule has 0 aliphatic carbocycles. The fraction of sp³-hybridized carbons (Fsp3) is 0.111. The standard InChI is InChI=1S/C18H17ClN6S/c1-10-13(19)7-5-9-14(10)23-18(26)25-16(20)24-17-21-11(2)12-6-3-4-8-15(12)22-17/h3-9H,1-2H3,(H4,20,21,22,23,24,25,26). The van der Waals surface area contributed by atoms with E-state index in [2.05, 4.69) is 25.6 Å². The quantitative estimate of drug-likeness (QED) is 0.351. The van der Waals surface area contributed by atoms with Crippen LogP contribution in [0.3, 0.4) is 0 Å². The molecule has 0 spiro atoms. The lowest BCUT2D eigenvalue weighted by molar-refractivity contribution is 1.15. The van der Waals surface area contributed by atoms with Crippen molar-refractivity contribution in [2.24, 2.45) is 10.7 Å². The predicted octanol–water partition coefficient (Wildman–Crippen LogP) is 4.02. The number of aromatic nitrogens is 2. The first-order valence-corrected chi connectivity index (χ1v) is 8.63. The maximum atomic E-state index is 6.10. The third-order valence-corrected chi connectivity index (χ3v) is 4.37. The number of nitrogens with one attached hydrogen (secondary N) is 2. The summed E-state index contributed by atoms with van der Waals surface area (Å²) in [5.74, 6) is 0.459. The number of para-hydroxylation sites is 1. The van der Waals surface area contributed by atoms with Gasteiger partial charge in [0.25, 0.3) is 0 Å². The van der Waals surface area contributed by atoms with Gasteiger partial charge >= 0.3 is 0 Å². The second-order valence-corrected chi connectivity index (χ2v) is 6.41. The predicted molar refractivity (Wildman–Crippen MR) is 112 cm³/mol. The topological polar surface area (TPSA) is 88.2 Å². The Hall–Kier alpha value is -2.77. The number of aryl methyl sites for hydroxylation is 1. The number of hydrogen-bond acceptors (Lipinski definition) is 3. The average Bonchev–Trinajstić information content (AvgIpc) is 2.59. The highest BCUT2D eigenvalue weighted by Crippen LogP contribution is 2.23. The van der Waals surface area contributed by atoms with Crippen LogP contribution in [-0.2, 0) is 0 Å². The van der Waals surface area contributed by atoms with Crippen molar-refractivity contribution in [1.82, 2.24) is 9.97 Å². The first-order valence-electron chi connectivity index (χ1n) is 7.84. The Morgan fingerprint density at radius 1 is 1.08 bits per heavy atom. The van der Waals surface area contributed by atoms with Crippen LogP contribution in [0.1, 0.15) is 11.3 Å². The van der Waals surface area contributed by atoms with Crippen molar-refractivity contribution >= 4 is 57.4 Å². The monoisotopic (exact) mass is 384 g/mol. The van der Waals surface area contributed by atoms with Gasteiger partial charge in [0, 0.05) is 16.1 Å². The fourth-order valence-corrected chi connectivity index (χ4v) is 2.81. The van der Waals surface area contributed by atoms with Crippen molar-refractivity contribution in [2.75, 3.05) is 10.6 Å². The van der Waals surface area contributed by atoms with Gasteiger partial charge in [0.2, 0.25) is 17.0 Å². The number of rotatable bonds is 2. The summed E-state index contributed by atoms with van der Waals surface area (Å²) >= 11 is 11.3. The van der Waals surface area contributed by atoms with E-state index in [0.29, 0.717) is 11.0 Å². The van der Waals surface area contributed by atoms with E-state index in [-0.39, 0.29) is 11.1 Å². The number of guanidine groups is 1. The van der Waals surface area contributed by atoms with Crippen LogP contribution in [0.5, 0.6) is 0 Å². The number of hydrogen-bond donors (Lipinski definition) is 3. The van der Waals surface area contributed by atoms with E-state index < -0.39 is 0 Å². The Kier molecular flexibility index (Phi) is 5.29. The molecule has 0 atom stereocenters. The first-order chi connectivity index (χ1) is 12.4. The Labute approximate surface area is 161 Å². The zero-order valence-corrected chi connectivity index (χ0v) is 15.8. The molecule has 3 rings (SSSR count). The summed E-state index contributed by atoms with van der Waals surface area (Å²) in [6, 6.07) is 13.3. The summed E-state index contributed by atoms with van der Waals surface area (Å²) in [6.07, 6.45) is 0. The molecule has 0 saturated heterocycles. The Bertz CT molecular complexity index is 1020. The number of aliphatic imine (C=N–C) groups is 1. The van der Waals surface area contributed by atoms with Gasteiger partial charge in [0.1, 0.15) is 0 Å². The fourth-order valence-electron chi connectivity index (χ4n) is 2.43. The van der Waals surface area contributed by atoms with Gasteiger partial charge in [0.05, 0.1) is 11.2 Å². The molecule has 1 heterocycles. The number of anilines is 2. The third kappa shape index (κ3) is 4.07. The molecule has 6 nitrogen and oxygen atoms in total. The molecule has 3 aromatic rings. The first kappa shape index (κ1) is 18.0. The number of nitrogens with zero attached hydrogens (tertiary/aromatic N) is 3. The zero-order chi connectivity index (χ0) is 18.7. The van der Waals surface area contributed by atoms with Gasteiger partial charge in [-0.25, -0.2) is 9.97 Å². The smallest absolute Gasteiger partial charge is 0.230 e. The molecule has 0 unspecified atom stereocenters. The van der Waals surface area contributed by atoms with Crippen LogP contribution in [0.25, 0.3) is 10.9 Å². The van der Waals surface area contributed by atoms with Crippen LogP contribution < -0.4 is 16.4 Å². The largest absolute Gasteiger partial charge is 0.369 e. The van der Waals surface area contributed by atoms with E-state index in [4.69, 9.17) is 29.6 Å². The highest BCUT2D eigenvalue weighted by Gasteiger charge is 2.07. The molecule has 0 aliphatic heterocycles. The summed E-state index contributed by atoms with van der Waals surface area (Å²) in [5.41, 5.74) is 9.26. The molecular formula is C18H17ClN6S. The maximum Gasteiger partial charge on any atom is 0.230 e. The zero-order valence-electron chi connectivity index (χ0n) is 14.2. The summed E-state index contributed by atoms with van der Waals surface area (Å²) in [6.45, 7) is 3.81. The van der Waals surface area contributed by atoms with Crippen LogP contribution in [0.4, 0.5) is 11.6 Å². The SMILES string of the molecule is Cc1c(Cl)cccc1NC(=S)N=C(N)Nc1nc(C)c2ccccc2n1. The lowest BCUT2D eigenvalue weighted by Gasteiger charge is -2.10. The molecule has 1 aromatic heterocycles. The summed E-state index contributed by atoms with van der Waals surface area (Å²) in [7, 11) is 0. The molecule has 26 heavy (non-hydrogen) atoms. The molecule has 0 amide bonds. The van der Waals surface area contributed by atoms with Gasteiger partial charge in [-0.1, -0.05) is 35.9 Å². The minimum atomic E-state index is 0.0943. The summed E-state index contributed by atoms with van der Waals surface area (Å²) < 4.78 is 0. The lowest BCUT2D eigenvalue weighted by Crippen LogP contribution is -2.26. The molecule has 2 aromatic carbocycles. The van der Waals surface area contributed by atoms with Crippen molar-refractivity contribution in [3.8, 4) is 0 Å². The second kappa shape index (κ2) is 7.63. The van der Waals surface area contributed by atoms with Crippen LogP contribution in [0.15, 0.2) is 47.5 Å². The molecule has 0 bridgehead atoms. The minimum absolute atomic E-state index is 0.0943. The van der Waals surface area contributed by atoms with Crippen molar-refractivity contribution in [2.45, 2.75) is 13.8 Å². The Morgan fingerprint density at radius 2 is 1.85 bits per heavy atom. The molecule has 4 N–H and O–H groups in total. The molecule has 0 fully saturated rings. The second-order valence-electron chi connectivity index (χ2n) is 5.61. The molecule has 132 valence electrons. The molecule has 8 heteroatoms. The van der Waals surface area contributed by atoms with Crippen LogP contribution in [-0.4, -0.2) is 21.0 Å². The molecule has 0 radical (unpaired) electrons. The average molecular weight is 385 g/mol. The number of thiocarbonyl (C=S) groups is 1. The van der Waals surface area contributed by atoms with Gasteiger partial charge in [0.15, 0.2) is 0 Å². The number of benzene rings is 2. The maximum absolute atomic E-state index is 6.10. The van der Waals surface area contributed by atoms with E-state index >= 15 is 0 Å². The van der Waals surface area contributed by atoms with Crippen LogP contribution >= 0.6 is 23.8 Å². The van der Waals surface area contributed by atoms with E-state index in [1.165, 1.54) is 0 Å². The number of fused-ring (bicyclic) bond motifs is 1. The van der Waals surface area contributed by atoms with Gasteiger partial charge in [-0.15, -0.1) is 0 Å². The highest BCUT2D eigenvalue weighted by molar-refractivity contribution is 7.80.